The van der Waals surface area contributed by atoms with Crippen LogP contribution in [0.3, 0.4) is 0 Å². The van der Waals surface area contributed by atoms with E-state index in [4.69, 9.17) is 5.10 Å². The third kappa shape index (κ3) is 2.67. The topological polar surface area (TPSA) is 25.5 Å². The van der Waals surface area contributed by atoms with Gasteiger partial charge in [-0.3, -0.25) is 0 Å². The molecule has 2 aromatic carbocycles. The fourth-order valence-electron chi connectivity index (χ4n) is 2.91. The Bertz CT molecular complexity index is 946. The van der Waals surface area contributed by atoms with Gasteiger partial charge in [0.25, 0.3) is 0 Å². The minimum Gasteiger partial charge on any atom is -0.378 e. The molecule has 0 radical (unpaired) electrons. The van der Waals surface area contributed by atoms with Crippen LogP contribution in [0.4, 0.5) is 5.69 Å². The average molecular weight is 316 g/mol. The Morgan fingerprint density at radius 1 is 0.917 bits per heavy atom. The number of rotatable bonds is 4. The fourth-order valence-corrected chi connectivity index (χ4v) is 2.91. The number of imidazole rings is 1. The van der Waals surface area contributed by atoms with Crippen LogP contribution >= 0.6 is 0 Å². The van der Waals surface area contributed by atoms with Gasteiger partial charge in [0.05, 0.1) is 5.69 Å². The van der Waals surface area contributed by atoms with Crippen molar-refractivity contribution in [3.8, 4) is 11.3 Å². The maximum atomic E-state index is 4.70. The second-order valence-corrected chi connectivity index (χ2v) is 6.19. The van der Waals surface area contributed by atoms with Crippen LogP contribution in [0.2, 0.25) is 0 Å². The van der Waals surface area contributed by atoms with Crippen LogP contribution in [0.15, 0.2) is 73.1 Å². The quantitative estimate of drug-likeness (QED) is 0.570. The number of hydrogen-bond acceptors (Lipinski definition) is 2. The molecule has 0 atom stereocenters. The molecule has 0 amide bonds. The van der Waals surface area contributed by atoms with Crippen LogP contribution < -0.4 is 4.90 Å². The molecular formula is C20H20N4. The van der Waals surface area contributed by atoms with Crippen molar-refractivity contribution in [1.82, 2.24) is 14.2 Å². The lowest BCUT2D eigenvalue weighted by Gasteiger charge is -2.12. The molecule has 120 valence electrons. The van der Waals surface area contributed by atoms with Crippen LogP contribution in [0, 0.1) is 0 Å². The van der Waals surface area contributed by atoms with Crippen LogP contribution in [0.5, 0.6) is 0 Å². The van der Waals surface area contributed by atoms with Gasteiger partial charge in [-0.1, -0.05) is 42.5 Å². The van der Waals surface area contributed by atoms with Crippen molar-refractivity contribution in [1.29, 1.82) is 0 Å². The number of benzene rings is 2. The SMILES string of the molecule is CN(C)c1ccc(-c2cc3n(Cc4ccccc4)ccn3n2)cc1. The Morgan fingerprint density at radius 2 is 1.67 bits per heavy atom. The maximum Gasteiger partial charge on any atom is 0.136 e. The van der Waals surface area contributed by atoms with Crippen molar-refractivity contribution in [2.24, 2.45) is 0 Å². The second kappa shape index (κ2) is 5.89. The van der Waals surface area contributed by atoms with Gasteiger partial charge in [-0.05, 0) is 17.7 Å². The third-order valence-electron chi connectivity index (χ3n) is 4.27. The van der Waals surface area contributed by atoms with E-state index in [0.717, 1.165) is 23.4 Å². The highest BCUT2D eigenvalue weighted by atomic mass is 15.3. The zero-order valence-electron chi connectivity index (χ0n) is 13.9. The molecular weight excluding hydrogens is 296 g/mol. The predicted octanol–water partition coefficient (Wildman–Crippen LogP) is 3.92. The van der Waals surface area contributed by atoms with E-state index >= 15 is 0 Å². The molecule has 0 bridgehead atoms. The molecule has 4 nitrogen and oxygen atoms in total. The number of fused-ring (bicyclic) bond motifs is 1. The summed E-state index contributed by atoms with van der Waals surface area (Å²) in [5.41, 5.74) is 5.71. The molecule has 2 heterocycles. The molecule has 4 rings (SSSR count). The Hall–Kier alpha value is -3.01. The summed E-state index contributed by atoms with van der Waals surface area (Å²) in [6.07, 6.45) is 4.09. The summed E-state index contributed by atoms with van der Waals surface area (Å²) < 4.78 is 4.16. The lowest BCUT2D eigenvalue weighted by molar-refractivity contribution is 0.825. The summed E-state index contributed by atoms with van der Waals surface area (Å²) in [4.78, 5) is 2.10. The van der Waals surface area contributed by atoms with Crippen molar-refractivity contribution >= 4 is 11.3 Å². The first-order valence-electron chi connectivity index (χ1n) is 8.07. The maximum absolute atomic E-state index is 4.70. The highest BCUT2D eigenvalue weighted by molar-refractivity contribution is 5.66. The monoisotopic (exact) mass is 316 g/mol. The van der Waals surface area contributed by atoms with E-state index in [1.807, 2.05) is 30.9 Å². The average Bonchev–Trinajstić information content (AvgIpc) is 3.18. The van der Waals surface area contributed by atoms with Crippen molar-refractivity contribution < 1.29 is 0 Å². The molecule has 4 aromatic rings. The normalized spacial score (nSPS) is 11.1. The zero-order chi connectivity index (χ0) is 16.5. The van der Waals surface area contributed by atoms with E-state index in [9.17, 15) is 0 Å². The van der Waals surface area contributed by atoms with Gasteiger partial charge in [-0.15, -0.1) is 0 Å². The van der Waals surface area contributed by atoms with E-state index in [-0.39, 0.29) is 0 Å². The molecule has 0 N–H and O–H groups in total. The van der Waals surface area contributed by atoms with E-state index < -0.39 is 0 Å². The fraction of sp³-hybridized carbons (Fsp3) is 0.150. The molecule has 0 unspecified atom stereocenters. The van der Waals surface area contributed by atoms with E-state index in [1.165, 1.54) is 11.3 Å². The molecule has 0 fully saturated rings. The summed E-state index contributed by atoms with van der Waals surface area (Å²) in [6.45, 7) is 0.849. The lowest BCUT2D eigenvalue weighted by atomic mass is 10.1. The first kappa shape index (κ1) is 14.6. The molecule has 0 aliphatic heterocycles. The molecule has 0 spiro atoms. The zero-order valence-corrected chi connectivity index (χ0v) is 13.9. The number of aromatic nitrogens is 3. The molecule has 24 heavy (non-hydrogen) atoms. The van der Waals surface area contributed by atoms with Crippen molar-refractivity contribution in [2.45, 2.75) is 6.54 Å². The van der Waals surface area contributed by atoms with E-state index in [0.29, 0.717) is 0 Å². The van der Waals surface area contributed by atoms with Crippen LogP contribution in [-0.2, 0) is 6.54 Å². The minimum atomic E-state index is 0.849. The van der Waals surface area contributed by atoms with Crippen LogP contribution in [-0.4, -0.2) is 28.3 Å². The van der Waals surface area contributed by atoms with Gasteiger partial charge in [0.2, 0.25) is 0 Å². The van der Waals surface area contributed by atoms with Crippen LogP contribution in [0.1, 0.15) is 5.56 Å². The van der Waals surface area contributed by atoms with E-state index in [2.05, 4.69) is 70.3 Å². The van der Waals surface area contributed by atoms with Crippen LogP contribution in [0.25, 0.3) is 16.9 Å². The number of anilines is 1. The van der Waals surface area contributed by atoms with Crippen molar-refractivity contribution in [2.75, 3.05) is 19.0 Å². The lowest BCUT2D eigenvalue weighted by Crippen LogP contribution is -2.07. The number of nitrogens with zero attached hydrogens (tertiary/aromatic N) is 4. The van der Waals surface area contributed by atoms with Gasteiger partial charge < -0.3 is 9.47 Å². The van der Waals surface area contributed by atoms with Gasteiger partial charge in [-0.2, -0.15) is 5.10 Å². The standard InChI is InChI=1S/C20H20N4/c1-22(2)18-10-8-17(9-11-18)19-14-20-23(12-13-24(20)21-19)15-16-6-4-3-5-7-16/h3-14H,15H2,1-2H3. The first-order valence-corrected chi connectivity index (χ1v) is 8.07. The first-order chi connectivity index (χ1) is 11.7. The summed E-state index contributed by atoms with van der Waals surface area (Å²) in [6, 6.07) is 21.1. The minimum absolute atomic E-state index is 0.849. The Balaban J connectivity index is 1.66. The molecule has 0 aliphatic carbocycles. The smallest absolute Gasteiger partial charge is 0.136 e. The third-order valence-corrected chi connectivity index (χ3v) is 4.27. The molecule has 0 saturated heterocycles. The van der Waals surface area contributed by atoms with Crippen molar-refractivity contribution in [3.63, 3.8) is 0 Å². The Labute approximate surface area is 141 Å². The summed E-state index contributed by atoms with van der Waals surface area (Å²) in [7, 11) is 4.10. The number of hydrogen-bond donors (Lipinski definition) is 0. The van der Waals surface area contributed by atoms with Gasteiger partial charge in [-0.25, -0.2) is 4.52 Å². The van der Waals surface area contributed by atoms with Gasteiger partial charge in [0, 0.05) is 50.4 Å². The van der Waals surface area contributed by atoms with Gasteiger partial charge in [0.1, 0.15) is 5.65 Å². The Kier molecular flexibility index (Phi) is 3.58. The van der Waals surface area contributed by atoms with Crippen molar-refractivity contribution in [3.05, 3.63) is 78.6 Å². The predicted molar refractivity (Wildman–Crippen MR) is 98.5 cm³/mol. The molecule has 2 aromatic heterocycles. The van der Waals surface area contributed by atoms with Gasteiger partial charge >= 0.3 is 0 Å². The second-order valence-electron chi connectivity index (χ2n) is 6.19. The Morgan fingerprint density at radius 3 is 2.38 bits per heavy atom. The molecule has 0 saturated carbocycles. The van der Waals surface area contributed by atoms with Gasteiger partial charge in [0.15, 0.2) is 0 Å². The summed E-state index contributed by atoms with van der Waals surface area (Å²) in [5.74, 6) is 0. The highest BCUT2D eigenvalue weighted by Crippen LogP contribution is 2.23. The summed E-state index contributed by atoms with van der Waals surface area (Å²) in [5, 5.41) is 4.70. The molecule has 4 heteroatoms. The largest absolute Gasteiger partial charge is 0.378 e. The summed E-state index contributed by atoms with van der Waals surface area (Å²) >= 11 is 0. The van der Waals surface area contributed by atoms with E-state index in [1.54, 1.807) is 0 Å². The highest BCUT2D eigenvalue weighted by Gasteiger charge is 2.09. The molecule has 0 aliphatic rings.